The van der Waals surface area contributed by atoms with Gasteiger partial charge in [0.05, 0.1) is 11.4 Å². The monoisotopic (exact) mass is 332 g/mol. The molecule has 2 heterocycles. The second kappa shape index (κ2) is 5.24. The summed E-state index contributed by atoms with van der Waals surface area (Å²) in [6.07, 6.45) is 3.65. The van der Waals surface area contributed by atoms with Crippen molar-refractivity contribution in [3.8, 4) is 0 Å². The molecule has 6 heteroatoms. The molecule has 0 saturated carbocycles. The van der Waals surface area contributed by atoms with Crippen LogP contribution in [0.4, 0.5) is 11.4 Å². The van der Waals surface area contributed by atoms with Gasteiger partial charge in [-0.1, -0.05) is 24.3 Å². The number of carbonyl (C=O) groups is 4. The van der Waals surface area contributed by atoms with Crippen molar-refractivity contribution < 1.29 is 19.2 Å². The largest absolute Gasteiger partial charge is 0.269 e. The highest BCUT2D eigenvalue weighted by atomic mass is 16.2. The van der Waals surface area contributed by atoms with Crippen LogP contribution in [-0.4, -0.2) is 23.6 Å². The Bertz CT molecular complexity index is 1030. The van der Waals surface area contributed by atoms with Gasteiger partial charge in [0, 0.05) is 29.2 Å². The molecular weight excluding hydrogens is 320 g/mol. The molecule has 2 aromatic carbocycles. The lowest BCUT2D eigenvalue weighted by atomic mass is 10.1. The zero-order chi connectivity index (χ0) is 17.7. The maximum atomic E-state index is 12.4. The molecule has 2 aliphatic heterocycles. The van der Waals surface area contributed by atoms with Gasteiger partial charge >= 0.3 is 0 Å². The van der Waals surface area contributed by atoms with E-state index in [1.165, 1.54) is 24.3 Å². The number of anilines is 2. The predicted molar refractivity (Wildman–Crippen MR) is 91.8 cm³/mol. The average Bonchev–Trinajstić information content (AvgIpc) is 3.05. The van der Waals surface area contributed by atoms with Gasteiger partial charge in [-0.3, -0.25) is 19.2 Å². The second-order valence-electron chi connectivity index (χ2n) is 5.84. The minimum atomic E-state index is -0.459. The van der Waals surface area contributed by atoms with Gasteiger partial charge in [-0.15, -0.1) is 0 Å². The van der Waals surface area contributed by atoms with Crippen LogP contribution in [0.25, 0.3) is 10.8 Å². The first kappa shape index (κ1) is 15.0. The Balaban J connectivity index is 1.95. The maximum Gasteiger partial charge on any atom is 0.261 e. The number of carbonyl (C=O) groups excluding carboxylic acids is 4. The zero-order valence-corrected chi connectivity index (χ0v) is 13.2. The zero-order valence-electron chi connectivity index (χ0n) is 13.2. The SMILES string of the molecule is CC1=CC(=O)N(c2cc(N3C(=O)C=CC3=O)cc3ccccc23)C1=O. The summed E-state index contributed by atoms with van der Waals surface area (Å²) < 4.78 is 0. The number of imide groups is 2. The number of amides is 4. The van der Waals surface area contributed by atoms with E-state index in [4.69, 9.17) is 0 Å². The Hall–Kier alpha value is -3.54. The Labute approximate surface area is 142 Å². The Morgan fingerprint density at radius 1 is 0.800 bits per heavy atom. The molecule has 0 radical (unpaired) electrons. The lowest BCUT2D eigenvalue weighted by Crippen LogP contribution is -2.32. The van der Waals surface area contributed by atoms with E-state index < -0.39 is 23.6 Å². The topological polar surface area (TPSA) is 74.8 Å². The van der Waals surface area contributed by atoms with Crippen molar-refractivity contribution in [3.63, 3.8) is 0 Å². The first-order chi connectivity index (χ1) is 12.0. The lowest BCUT2D eigenvalue weighted by Gasteiger charge is -2.21. The number of hydrogen-bond donors (Lipinski definition) is 0. The summed E-state index contributed by atoms with van der Waals surface area (Å²) in [6, 6.07) is 10.4. The number of benzene rings is 2. The molecule has 4 amide bonds. The minimum Gasteiger partial charge on any atom is -0.269 e. The molecular formula is C19H12N2O4. The summed E-state index contributed by atoms with van der Waals surface area (Å²) in [6.45, 7) is 1.57. The molecule has 2 aromatic rings. The van der Waals surface area contributed by atoms with Crippen molar-refractivity contribution in [1.29, 1.82) is 0 Å². The van der Waals surface area contributed by atoms with Crippen molar-refractivity contribution in [2.75, 3.05) is 9.80 Å². The van der Waals surface area contributed by atoms with Crippen molar-refractivity contribution in [2.45, 2.75) is 6.92 Å². The normalized spacial score (nSPS) is 17.2. The van der Waals surface area contributed by atoms with E-state index in [-0.39, 0.29) is 0 Å². The quantitative estimate of drug-likeness (QED) is 0.789. The fourth-order valence-corrected chi connectivity index (χ4v) is 3.06. The first-order valence-corrected chi connectivity index (χ1v) is 7.63. The first-order valence-electron chi connectivity index (χ1n) is 7.63. The van der Waals surface area contributed by atoms with Crippen LogP contribution in [0.3, 0.4) is 0 Å². The Kier molecular flexibility index (Phi) is 3.15. The molecule has 0 unspecified atom stereocenters. The molecule has 0 atom stereocenters. The molecule has 2 aliphatic rings. The highest BCUT2D eigenvalue weighted by Gasteiger charge is 2.33. The lowest BCUT2D eigenvalue weighted by molar-refractivity contribution is -0.121. The van der Waals surface area contributed by atoms with Crippen molar-refractivity contribution in [2.24, 2.45) is 0 Å². The third-order valence-corrected chi connectivity index (χ3v) is 4.23. The summed E-state index contributed by atoms with van der Waals surface area (Å²) >= 11 is 0. The molecule has 122 valence electrons. The van der Waals surface area contributed by atoms with E-state index in [1.807, 2.05) is 0 Å². The van der Waals surface area contributed by atoms with Gasteiger partial charge in [-0.2, -0.15) is 0 Å². The van der Waals surface area contributed by atoms with Crippen LogP contribution >= 0.6 is 0 Å². The van der Waals surface area contributed by atoms with E-state index in [0.717, 1.165) is 9.80 Å². The molecule has 25 heavy (non-hydrogen) atoms. The molecule has 0 spiro atoms. The van der Waals surface area contributed by atoms with Crippen LogP contribution in [0.2, 0.25) is 0 Å². The van der Waals surface area contributed by atoms with E-state index in [1.54, 1.807) is 37.3 Å². The van der Waals surface area contributed by atoms with E-state index in [9.17, 15) is 19.2 Å². The predicted octanol–water partition coefficient (Wildman–Crippen LogP) is 2.09. The highest BCUT2D eigenvalue weighted by Crippen LogP contribution is 2.35. The maximum absolute atomic E-state index is 12.4. The molecule has 6 nitrogen and oxygen atoms in total. The van der Waals surface area contributed by atoms with Gasteiger partial charge in [0.25, 0.3) is 23.6 Å². The number of hydrogen-bond acceptors (Lipinski definition) is 4. The fraction of sp³-hybridized carbons (Fsp3) is 0.0526. The summed E-state index contributed by atoms with van der Waals surface area (Å²) in [5.74, 6) is -1.77. The third kappa shape index (κ3) is 2.19. The fourth-order valence-electron chi connectivity index (χ4n) is 3.06. The van der Waals surface area contributed by atoms with Gasteiger partial charge < -0.3 is 0 Å². The van der Waals surface area contributed by atoms with Gasteiger partial charge in [-0.25, -0.2) is 9.80 Å². The molecule has 0 fully saturated rings. The number of nitrogens with zero attached hydrogens (tertiary/aromatic N) is 2. The average molecular weight is 332 g/mol. The molecule has 0 bridgehead atoms. The van der Waals surface area contributed by atoms with Crippen LogP contribution < -0.4 is 9.80 Å². The van der Waals surface area contributed by atoms with Crippen LogP contribution in [0.15, 0.2) is 60.2 Å². The standard InChI is InChI=1S/C19H12N2O4/c1-11-8-18(24)21(19(11)25)15-10-13(20-16(22)6-7-17(20)23)9-12-4-2-3-5-14(12)15/h2-10H,1H3. The molecule has 0 aromatic heterocycles. The van der Waals surface area contributed by atoms with Crippen molar-refractivity contribution in [1.82, 2.24) is 0 Å². The van der Waals surface area contributed by atoms with Gasteiger partial charge in [0.15, 0.2) is 0 Å². The molecule has 0 N–H and O–H groups in total. The summed E-state index contributed by atoms with van der Waals surface area (Å²) in [4.78, 5) is 50.7. The molecule has 4 rings (SSSR count). The third-order valence-electron chi connectivity index (χ3n) is 4.23. The number of fused-ring (bicyclic) bond motifs is 1. The minimum absolute atomic E-state index is 0.318. The van der Waals surface area contributed by atoms with E-state index in [0.29, 0.717) is 27.7 Å². The molecule has 0 aliphatic carbocycles. The molecule has 0 saturated heterocycles. The van der Waals surface area contributed by atoms with Crippen LogP contribution in [-0.2, 0) is 19.2 Å². The van der Waals surface area contributed by atoms with Crippen molar-refractivity contribution >= 4 is 45.8 Å². The Morgan fingerprint density at radius 2 is 1.48 bits per heavy atom. The van der Waals surface area contributed by atoms with Gasteiger partial charge in [0.2, 0.25) is 0 Å². The van der Waals surface area contributed by atoms with Crippen LogP contribution in [0, 0.1) is 0 Å². The van der Waals surface area contributed by atoms with Crippen LogP contribution in [0.5, 0.6) is 0 Å². The van der Waals surface area contributed by atoms with Crippen LogP contribution in [0.1, 0.15) is 6.92 Å². The van der Waals surface area contributed by atoms with Gasteiger partial charge in [-0.05, 0) is 24.4 Å². The Morgan fingerprint density at radius 3 is 2.12 bits per heavy atom. The second-order valence-corrected chi connectivity index (χ2v) is 5.84. The van der Waals surface area contributed by atoms with Gasteiger partial charge in [0.1, 0.15) is 0 Å². The van der Waals surface area contributed by atoms with Crippen molar-refractivity contribution in [3.05, 3.63) is 60.2 Å². The summed E-state index contributed by atoms with van der Waals surface area (Å²) in [5, 5.41) is 1.40. The summed E-state index contributed by atoms with van der Waals surface area (Å²) in [5.41, 5.74) is 1.01. The van der Waals surface area contributed by atoms with E-state index >= 15 is 0 Å². The highest BCUT2D eigenvalue weighted by molar-refractivity contribution is 6.33. The summed E-state index contributed by atoms with van der Waals surface area (Å²) in [7, 11) is 0. The van der Waals surface area contributed by atoms with E-state index in [2.05, 4.69) is 0 Å². The number of rotatable bonds is 2. The smallest absolute Gasteiger partial charge is 0.261 e.